The first-order valence-electron chi connectivity index (χ1n) is 7.06. The molecule has 2 rings (SSSR count). The van der Waals surface area contributed by atoms with Gasteiger partial charge in [-0.2, -0.15) is 0 Å². The summed E-state index contributed by atoms with van der Waals surface area (Å²) >= 11 is 0. The average molecular weight is 282 g/mol. The highest BCUT2D eigenvalue weighted by molar-refractivity contribution is 5.98. The Morgan fingerprint density at radius 2 is 1.52 bits per heavy atom. The molecule has 3 heteroatoms. The Morgan fingerprint density at radius 3 is 2.10 bits per heavy atom. The molecular formula is C18H22N2O. The lowest BCUT2D eigenvalue weighted by Crippen LogP contribution is -2.12. The van der Waals surface area contributed by atoms with Crippen molar-refractivity contribution >= 4 is 17.3 Å². The van der Waals surface area contributed by atoms with Crippen LogP contribution in [0.5, 0.6) is 0 Å². The fraction of sp³-hybridized carbons (Fsp3) is 0.278. The molecular weight excluding hydrogens is 260 g/mol. The number of nitrogens with one attached hydrogen (secondary N) is 1. The molecule has 2 aromatic carbocycles. The molecule has 0 atom stereocenters. The van der Waals surface area contributed by atoms with Gasteiger partial charge in [-0.15, -0.1) is 0 Å². The van der Waals surface area contributed by atoms with Gasteiger partial charge in [0.25, 0.3) is 0 Å². The number of hydrogen-bond acceptors (Lipinski definition) is 2. The van der Waals surface area contributed by atoms with E-state index in [1.807, 2.05) is 26.2 Å². The van der Waals surface area contributed by atoms with E-state index in [1.54, 1.807) is 0 Å². The maximum absolute atomic E-state index is 11.5. The molecule has 0 radical (unpaired) electrons. The van der Waals surface area contributed by atoms with E-state index in [2.05, 4.69) is 48.3 Å². The van der Waals surface area contributed by atoms with Gasteiger partial charge >= 0.3 is 0 Å². The van der Waals surface area contributed by atoms with Crippen LogP contribution in [0.4, 0.5) is 11.4 Å². The second-order valence-corrected chi connectivity index (χ2v) is 5.54. The van der Waals surface area contributed by atoms with Gasteiger partial charge in [0.15, 0.2) is 0 Å². The van der Waals surface area contributed by atoms with Crippen LogP contribution in [-0.4, -0.2) is 20.0 Å². The maximum atomic E-state index is 11.5. The summed E-state index contributed by atoms with van der Waals surface area (Å²) in [6.45, 7) is 5.72. The summed E-state index contributed by atoms with van der Waals surface area (Å²) < 4.78 is 0. The molecule has 0 heterocycles. The van der Waals surface area contributed by atoms with E-state index in [9.17, 15) is 4.79 Å². The van der Waals surface area contributed by atoms with E-state index in [-0.39, 0.29) is 5.91 Å². The summed E-state index contributed by atoms with van der Waals surface area (Å²) in [6, 6.07) is 12.3. The van der Waals surface area contributed by atoms with Crippen molar-refractivity contribution in [2.45, 2.75) is 20.8 Å². The third-order valence-electron chi connectivity index (χ3n) is 3.57. The van der Waals surface area contributed by atoms with E-state index in [0.29, 0.717) is 0 Å². The molecule has 1 N–H and O–H groups in total. The predicted octanol–water partition coefficient (Wildman–Crippen LogP) is 3.99. The van der Waals surface area contributed by atoms with Crippen molar-refractivity contribution in [1.82, 2.24) is 0 Å². The van der Waals surface area contributed by atoms with Crippen LogP contribution in [0.15, 0.2) is 36.4 Å². The van der Waals surface area contributed by atoms with Crippen LogP contribution >= 0.6 is 0 Å². The molecule has 110 valence electrons. The van der Waals surface area contributed by atoms with Crippen LogP contribution in [0.25, 0.3) is 11.1 Å². The molecule has 0 spiro atoms. The second-order valence-electron chi connectivity index (χ2n) is 5.54. The fourth-order valence-electron chi connectivity index (χ4n) is 2.64. The summed E-state index contributed by atoms with van der Waals surface area (Å²) in [5.41, 5.74) is 6.62. The van der Waals surface area contributed by atoms with Crippen molar-refractivity contribution in [3.05, 3.63) is 47.5 Å². The van der Waals surface area contributed by atoms with Crippen LogP contribution in [0.1, 0.15) is 18.1 Å². The standard InChI is InChI=1S/C18H22N2O/c1-12-8-6-10-15(19-14(3)21)17(12)18-13(2)9-7-11-16(18)20(4)5/h6-11H,1-5H3,(H,19,21). The number of carbonyl (C=O) groups is 1. The van der Waals surface area contributed by atoms with Crippen molar-refractivity contribution in [2.75, 3.05) is 24.3 Å². The number of rotatable bonds is 3. The van der Waals surface area contributed by atoms with Crippen molar-refractivity contribution in [3.8, 4) is 11.1 Å². The Bertz CT molecular complexity index is 675. The minimum atomic E-state index is -0.0539. The van der Waals surface area contributed by atoms with Gasteiger partial charge in [-0.05, 0) is 37.1 Å². The van der Waals surface area contributed by atoms with Crippen molar-refractivity contribution in [2.24, 2.45) is 0 Å². The molecule has 0 saturated heterocycles. The van der Waals surface area contributed by atoms with Crippen LogP contribution in [-0.2, 0) is 4.79 Å². The van der Waals surface area contributed by atoms with Gasteiger partial charge in [0.05, 0.1) is 0 Å². The lowest BCUT2D eigenvalue weighted by atomic mass is 9.93. The number of amides is 1. The number of hydrogen-bond donors (Lipinski definition) is 1. The summed E-state index contributed by atoms with van der Waals surface area (Å²) in [5, 5.41) is 2.95. The molecule has 0 bridgehead atoms. The van der Waals surface area contributed by atoms with E-state index < -0.39 is 0 Å². The number of benzene rings is 2. The summed E-state index contributed by atoms with van der Waals surface area (Å²) in [5.74, 6) is -0.0539. The fourth-order valence-corrected chi connectivity index (χ4v) is 2.64. The van der Waals surface area contributed by atoms with Gasteiger partial charge in [-0.25, -0.2) is 0 Å². The zero-order chi connectivity index (χ0) is 15.6. The van der Waals surface area contributed by atoms with Crippen LogP contribution < -0.4 is 10.2 Å². The van der Waals surface area contributed by atoms with Crippen molar-refractivity contribution < 1.29 is 4.79 Å². The zero-order valence-electron chi connectivity index (χ0n) is 13.3. The van der Waals surface area contributed by atoms with Crippen molar-refractivity contribution in [3.63, 3.8) is 0 Å². The molecule has 0 aliphatic rings. The van der Waals surface area contributed by atoms with Gasteiger partial charge < -0.3 is 10.2 Å². The van der Waals surface area contributed by atoms with E-state index in [1.165, 1.54) is 18.1 Å². The molecule has 2 aromatic rings. The minimum Gasteiger partial charge on any atom is -0.377 e. The third kappa shape index (κ3) is 3.07. The van der Waals surface area contributed by atoms with Gasteiger partial charge in [-0.1, -0.05) is 24.3 Å². The minimum absolute atomic E-state index is 0.0539. The predicted molar refractivity (Wildman–Crippen MR) is 90.0 cm³/mol. The topological polar surface area (TPSA) is 32.3 Å². The number of anilines is 2. The Hall–Kier alpha value is -2.29. The lowest BCUT2D eigenvalue weighted by Gasteiger charge is -2.22. The van der Waals surface area contributed by atoms with Gasteiger partial charge in [0.2, 0.25) is 5.91 Å². The van der Waals surface area contributed by atoms with E-state index >= 15 is 0 Å². The van der Waals surface area contributed by atoms with Gasteiger partial charge in [0, 0.05) is 43.5 Å². The smallest absolute Gasteiger partial charge is 0.221 e. The highest BCUT2D eigenvalue weighted by Crippen LogP contribution is 2.39. The maximum Gasteiger partial charge on any atom is 0.221 e. The highest BCUT2D eigenvalue weighted by atomic mass is 16.1. The van der Waals surface area contributed by atoms with Crippen LogP contribution in [0.3, 0.4) is 0 Å². The molecule has 3 nitrogen and oxygen atoms in total. The molecule has 0 aromatic heterocycles. The Balaban J connectivity index is 2.75. The van der Waals surface area contributed by atoms with Crippen molar-refractivity contribution in [1.29, 1.82) is 0 Å². The number of nitrogens with zero attached hydrogens (tertiary/aromatic N) is 1. The summed E-state index contributed by atoms with van der Waals surface area (Å²) in [6.07, 6.45) is 0. The first-order valence-corrected chi connectivity index (χ1v) is 7.06. The van der Waals surface area contributed by atoms with E-state index in [0.717, 1.165) is 22.5 Å². The van der Waals surface area contributed by atoms with Crippen LogP contribution in [0, 0.1) is 13.8 Å². The van der Waals surface area contributed by atoms with Gasteiger partial charge in [-0.3, -0.25) is 4.79 Å². The van der Waals surface area contributed by atoms with Crippen LogP contribution in [0.2, 0.25) is 0 Å². The normalized spacial score (nSPS) is 10.3. The molecule has 0 unspecified atom stereocenters. The SMILES string of the molecule is CC(=O)Nc1cccc(C)c1-c1c(C)cccc1N(C)C. The molecule has 21 heavy (non-hydrogen) atoms. The average Bonchev–Trinajstić information content (AvgIpc) is 2.39. The third-order valence-corrected chi connectivity index (χ3v) is 3.57. The Morgan fingerprint density at radius 1 is 0.952 bits per heavy atom. The number of carbonyl (C=O) groups excluding carboxylic acids is 1. The first kappa shape index (κ1) is 15.1. The molecule has 0 saturated carbocycles. The first-order chi connectivity index (χ1) is 9.91. The Labute approximate surface area is 126 Å². The second kappa shape index (κ2) is 6.00. The number of aryl methyl sites for hydroxylation is 2. The molecule has 1 amide bonds. The molecule has 0 aliphatic carbocycles. The lowest BCUT2D eigenvalue weighted by molar-refractivity contribution is -0.114. The largest absolute Gasteiger partial charge is 0.377 e. The van der Waals surface area contributed by atoms with E-state index in [4.69, 9.17) is 0 Å². The highest BCUT2D eigenvalue weighted by Gasteiger charge is 2.16. The quantitative estimate of drug-likeness (QED) is 0.923. The summed E-state index contributed by atoms with van der Waals surface area (Å²) in [4.78, 5) is 13.6. The van der Waals surface area contributed by atoms with Gasteiger partial charge in [0.1, 0.15) is 0 Å². The Kier molecular flexibility index (Phi) is 4.32. The molecule has 0 aliphatic heterocycles. The molecule has 0 fully saturated rings. The summed E-state index contributed by atoms with van der Waals surface area (Å²) in [7, 11) is 4.07. The zero-order valence-corrected chi connectivity index (χ0v) is 13.3. The monoisotopic (exact) mass is 282 g/mol.